The van der Waals surface area contributed by atoms with Crippen LogP contribution in [-0.4, -0.2) is 4.99 Å². The Kier molecular flexibility index (Phi) is 4.69. The quantitative estimate of drug-likeness (QED) is 0.743. The largest absolute Gasteiger partial charge is 0.389 e. The fourth-order valence-corrected chi connectivity index (χ4v) is 2.77. The lowest BCUT2D eigenvalue weighted by molar-refractivity contribution is 0.592. The predicted molar refractivity (Wildman–Crippen MR) is 98.5 cm³/mol. The van der Waals surface area contributed by atoms with E-state index >= 15 is 0 Å². The average Bonchev–Trinajstić information content (AvgIpc) is 2.40. The number of rotatable bonds is 3. The maximum Gasteiger partial charge on any atom is 0.104 e. The van der Waals surface area contributed by atoms with Crippen LogP contribution in [0.5, 0.6) is 0 Å². The number of hydrogen-bond donors (Lipinski definition) is 2. The molecule has 0 aliphatic rings. The number of anilines is 2. The number of para-hydroxylation sites is 1. The minimum Gasteiger partial charge on any atom is -0.389 e. The topological polar surface area (TPSA) is 38.0 Å². The molecule has 0 aromatic heterocycles. The molecule has 0 aliphatic heterocycles. The molecule has 0 radical (unpaired) electrons. The van der Waals surface area contributed by atoms with Gasteiger partial charge in [0.05, 0.1) is 5.69 Å². The normalized spacial score (nSPS) is 11.2. The van der Waals surface area contributed by atoms with E-state index in [1.807, 2.05) is 24.3 Å². The SMILES string of the molecule is CC(C)(C)c1ccccc1Nc1ccc(C(N)=S)cc1Br. The van der Waals surface area contributed by atoms with Gasteiger partial charge in [0.15, 0.2) is 0 Å². The highest BCUT2D eigenvalue weighted by Crippen LogP contribution is 2.33. The summed E-state index contributed by atoms with van der Waals surface area (Å²) in [5.74, 6) is 0. The zero-order valence-corrected chi connectivity index (χ0v) is 14.8. The first-order chi connectivity index (χ1) is 9.79. The lowest BCUT2D eigenvalue weighted by atomic mass is 9.86. The predicted octanol–water partition coefficient (Wildman–Crippen LogP) is 5.12. The van der Waals surface area contributed by atoms with Crippen LogP contribution in [-0.2, 0) is 5.41 Å². The van der Waals surface area contributed by atoms with Crippen molar-refractivity contribution in [2.75, 3.05) is 5.32 Å². The number of halogens is 1. The highest BCUT2D eigenvalue weighted by molar-refractivity contribution is 9.10. The number of thiocarbonyl (C=S) groups is 1. The molecule has 21 heavy (non-hydrogen) atoms. The molecule has 2 aromatic rings. The van der Waals surface area contributed by atoms with Crippen molar-refractivity contribution in [2.24, 2.45) is 5.73 Å². The summed E-state index contributed by atoms with van der Waals surface area (Å²) in [5.41, 5.74) is 9.96. The van der Waals surface area contributed by atoms with Crippen LogP contribution in [0.3, 0.4) is 0 Å². The summed E-state index contributed by atoms with van der Waals surface area (Å²) < 4.78 is 0.941. The zero-order valence-electron chi connectivity index (χ0n) is 12.4. The van der Waals surface area contributed by atoms with Crippen molar-refractivity contribution in [1.29, 1.82) is 0 Å². The average molecular weight is 363 g/mol. The molecule has 110 valence electrons. The Morgan fingerprint density at radius 2 is 1.76 bits per heavy atom. The molecule has 0 amide bonds. The first kappa shape index (κ1) is 16.0. The third-order valence-corrected chi connectivity index (χ3v) is 4.15. The second-order valence-electron chi connectivity index (χ2n) is 5.98. The monoisotopic (exact) mass is 362 g/mol. The van der Waals surface area contributed by atoms with Crippen molar-refractivity contribution in [3.05, 3.63) is 58.1 Å². The van der Waals surface area contributed by atoms with E-state index in [4.69, 9.17) is 18.0 Å². The summed E-state index contributed by atoms with van der Waals surface area (Å²) >= 11 is 8.57. The molecule has 0 aliphatic carbocycles. The van der Waals surface area contributed by atoms with Gasteiger partial charge in [-0.3, -0.25) is 0 Å². The second kappa shape index (κ2) is 6.16. The number of nitrogens with two attached hydrogens (primary N) is 1. The summed E-state index contributed by atoms with van der Waals surface area (Å²) in [4.78, 5) is 0.400. The maximum absolute atomic E-state index is 5.66. The summed E-state index contributed by atoms with van der Waals surface area (Å²) in [5, 5.41) is 3.48. The molecule has 0 saturated heterocycles. The van der Waals surface area contributed by atoms with Gasteiger partial charge in [-0.05, 0) is 51.2 Å². The third-order valence-electron chi connectivity index (χ3n) is 3.26. The fraction of sp³-hybridized carbons (Fsp3) is 0.235. The third kappa shape index (κ3) is 3.83. The van der Waals surface area contributed by atoms with Crippen LogP contribution in [0.25, 0.3) is 0 Å². The molecule has 0 unspecified atom stereocenters. The van der Waals surface area contributed by atoms with Gasteiger partial charge in [0.25, 0.3) is 0 Å². The molecule has 2 aromatic carbocycles. The number of hydrogen-bond acceptors (Lipinski definition) is 2. The minimum atomic E-state index is 0.0782. The van der Waals surface area contributed by atoms with Crippen molar-refractivity contribution in [3.63, 3.8) is 0 Å². The van der Waals surface area contributed by atoms with Gasteiger partial charge in [-0.1, -0.05) is 51.2 Å². The molecule has 0 fully saturated rings. The first-order valence-corrected chi connectivity index (χ1v) is 7.95. The van der Waals surface area contributed by atoms with Gasteiger partial charge in [0.1, 0.15) is 4.99 Å². The molecule has 4 heteroatoms. The van der Waals surface area contributed by atoms with Crippen LogP contribution in [0.15, 0.2) is 46.9 Å². The maximum atomic E-state index is 5.66. The van der Waals surface area contributed by atoms with Gasteiger partial charge >= 0.3 is 0 Å². The number of benzene rings is 2. The summed E-state index contributed by atoms with van der Waals surface area (Å²) in [6, 6.07) is 14.2. The highest BCUT2D eigenvalue weighted by atomic mass is 79.9. The molecule has 2 rings (SSSR count). The van der Waals surface area contributed by atoms with Gasteiger partial charge in [-0.2, -0.15) is 0 Å². The summed E-state index contributed by atoms with van der Waals surface area (Å²) in [6.45, 7) is 6.62. The van der Waals surface area contributed by atoms with Gasteiger partial charge in [0.2, 0.25) is 0 Å². The van der Waals surface area contributed by atoms with E-state index in [1.54, 1.807) is 0 Å². The van der Waals surface area contributed by atoms with E-state index in [2.05, 4.69) is 60.2 Å². The molecule has 0 spiro atoms. The summed E-state index contributed by atoms with van der Waals surface area (Å²) in [6.07, 6.45) is 0. The van der Waals surface area contributed by atoms with Gasteiger partial charge in [0, 0.05) is 15.7 Å². The van der Waals surface area contributed by atoms with E-state index in [1.165, 1.54) is 5.56 Å². The van der Waals surface area contributed by atoms with Crippen LogP contribution >= 0.6 is 28.1 Å². The van der Waals surface area contributed by atoms with Gasteiger partial charge in [-0.15, -0.1) is 0 Å². The smallest absolute Gasteiger partial charge is 0.104 e. The standard InChI is InChI=1S/C17H19BrN2S/c1-17(2,3)12-6-4-5-7-14(12)20-15-9-8-11(16(19)21)10-13(15)18/h4-10,20H,1-3H3,(H2,19,21). The van der Waals surface area contributed by atoms with Crippen molar-refractivity contribution in [3.8, 4) is 0 Å². The minimum absolute atomic E-state index is 0.0782. The van der Waals surface area contributed by atoms with Crippen molar-refractivity contribution < 1.29 is 0 Å². The van der Waals surface area contributed by atoms with E-state index in [0.29, 0.717) is 4.99 Å². The van der Waals surface area contributed by atoms with Crippen LogP contribution in [0.2, 0.25) is 0 Å². The Bertz CT molecular complexity index is 675. The summed E-state index contributed by atoms with van der Waals surface area (Å²) in [7, 11) is 0. The van der Waals surface area contributed by atoms with Crippen molar-refractivity contribution in [1.82, 2.24) is 0 Å². The number of nitrogens with one attached hydrogen (secondary N) is 1. The van der Waals surface area contributed by atoms with Gasteiger partial charge in [-0.25, -0.2) is 0 Å². The van der Waals surface area contributed by atoms with Crippen LogP contribution in [0.4, 0.5) is 11.4 Å². The molecule has 0 bridgehead atoms. The molecule has 2 nitrogen and oxygen atoms in total. The van der Waals surface area contributed by atoms with E-state index in [0.717, 1.165) is 21.4 Å². The van der Waals surface area contributed by atoms with Crippen LogP contribution in [0, 0.1) is 0 Å². The van der Waals surface area contributed by atoms with E-state index in [9.17, 15) is 0 Å². The molecular formula is C17H19BrN2S. The van der Waals surface area contributed by atoms with Crippen LogP contribution < -0.4 is 11.1 Å². The Morgan fingerprint density at radius 1 is 1.10 bits per heavy atom. The molecular weight excluding hydrogens is 344 g/mol. The Balaban J connectivity index is 2.38. The lowest BCUT2D eigenvalue weighted by Gasteiger charge is -2.23. The van der Waals surface area contributed by atoms with Crippen molar-refractivity contribution >= 4 is 44.5 Å². The Labute approximate surface area is 139 Å². The highest BCUT2D eigenvalue weighted by Gasteiger charge is 2.17. The zero-order chi connectivity index (χ0) is 15.6. The molecule has 3 N–H and O–H groups in total. The van der Waals surface area contributed by atoms with E-state index < -0.39 is 0 Å². The Morgan fingerprint density at radius 3 is 2.33 bits per heavy atom. The molecule has 0 heterocycles. The molecule has 0 atom stereocenters. The molecule has 0 saturated carbocycles. The Hall–Kier alpha value is -1.39. The van der Waals surface area contributed by atoms with Crippen LogP contribution in [0.1, 0.15) is 31.9 Å². The first-order valence-electron chi connectivity index (χ1n) is 6.75. The van der Waals surface area contributed by atoms with Crippen molar-refractivity contribution in [2.45, 2.75) is 26.2 Å². The van der Waals surface area contributed by atoms with E-state index in [-0.39, 0.29) is 5.41 Å². The van der Waals surface area contributed by atoms with Gasteiger partial charge < -0.3 is 11.1 Å². The second-order valence-corrected chi connectivity index (χ2v) is 7.27. The lowest BCUT2D eigenvalue weighted by Crippen LogP contribution is -2.13. The fourth-order valence-electron chi connectivity index (χ4n) is 2.16.